The fourth-order valence-corrected chi connectivity index (χ4v) is 29.3. The molecule has 380 valence electrons. The molecule has 10 aliphatic rings. The van der Waals surface area contributed by atoms with Gasteiger partial charge in [0.1, 0.15) is 0 Å². The maximum Gasteiger partial charge on any atom is 0.0523 e. The fourth-order valence-electron chi connectivity index (χ4n) is 29.3. The Balaban J connectivity index is 1.03. The molecule has 0 radical (unpaired) electrons. The SMILES string of the molecule is c1ccc(C[C@@]23C4=C5C6=c7c8c9c%10c%11c(c2c2c%12c3c3c%13c%14c%15c%16c%17c%18c(c7c7c8c8c%10c%10c%19c%11c2c2c%11c%12c%13c%12c%13c%14c%17c%14c%17c%18c7c7c8c%10c8c(c2%19)c(c%11%12)c(c%13%14)c8c%177)[C@]%16(Cc2ccccc2)C6=C4[C@]3%15Cc2ccccc2)[C@]59Cc2ccccc2)cc1. The number of hydrogen-bond acceptors (Lipinski definition) is 0. The molecule has 4 atom stereocenters. The van der Waals surface area contributed by atoms with E-state index in [0.717, 1.165) is 25.7 Å². The Morgan fingerprint density at radius 1 is 0.159 bits per heavy atom. The van der Waals surface area contributed by atoms with Crippen LogP contribution < -0.4 is 5.22 Å². The quantitative estimate of drug-likeness (QED) is 0.133. The summed E-state index contributed by atoms with van der Waals surface area (Å²) in [6.45, 7) is 0. The molecule has 0 nitrogen and oxygen atoms in total. The lowest BCUT2D eigenvalue weighted by Gasteiger charge is -2.56. The van der Waals surface area contributed by atoms with Gasteiger partial charge in [-0.1, -0.05) is 121 Å². The summed E-state index contributed by atoms with van der Waals surface area (Å²) in [7, 11) is 0. The molecule has 36 rings (SSSR count). The minimum Gasteiger partial charge on any atom is -0.0622 e. The van der Waals surface area contributed by atoms with Gasteiger partial charge < -0.3 is 0 Å². The second kappa shape index (κ2) is 9.25. The highest BCUT2D eigenvalue weighted by molar-refractivity contribution is 6.78. The maximum absolute atomic E-state index is 2.55. The van der Waals surface area contributed by atoms with Crippen molar-refractivity contribution in [3.63, 3.8) is 0 Å². The van der Waals surface area contributed by atoms with E-state index in [-0.39, 0.29) is 0 Å². The van der Waals surface area contributed by atoms with E-state index in [1.165, 1.54) is 22.3 Å². The second-order valence-electron chi connectivity index (χ2n) is 31.3. The second-order valence-corrected chi connectivity index (χ2v) is 31.3. The maximum atomic E-state index is 2.55. The first kappa shape index (κ1) is 36.6. The molecule has 0 aromatic heterocycles. The summed E-state index contributed by atoms with van der Waals surface area (Å²) in [5.74, 6) is 0. The molecule has 0 heterocycles. The molecule has 0 fully saturated rings. The van der Waals surface area contributed by atoms with Crippen LogP contribution in [0.15, 0.2) is 144 Å². The zero-order valence-corrected chi connectivity index (χ0v) is 46.4. The lowest BCUT2D eigenvalue weighted by molar-refractivity contribution is 0.459. The summed E-state index contributed by atoms with van der Waals surface area (Å²) in [5.41, 5.74) is 27.0. The van der Waals surface area contributed by atoms with Crippen molar-refractivity contribution >= 4 is 232 Å². The van der Waals surface area contributed by atoms with Crippen LogP contribution in [0.3, 0.4) is 0 Å². The first-order valence-electron chi connectivity index (χ1n) is 33.0. The lowest BCUT2D eigenvalue weighted by atomic mass is 9.44. The largest absolute Gasteiger partial charge is 0.0622 e. The predicted molar refractivity (Wildman–Crippen MR) is 363 cm³/mol. The van der Waals surface area contributed by atoms with Gasteiger partial charge in [0.2, 0.25) is 0 Å². The highest BCUT2D eigenvalue weighted by Crippen LogP contribution is 2.88. The Labute approximate surface area is 491 Å². The van der Waals surface area contributed by atoms with Gasteiger partial charge in [0.25, 0.3) is 0 Å². The van der Waals surface area contributed by atoms with Gasteiger partial charge in [0.15, 0.2) is 0 Å². The van der Waals surface area contributed by atoms with Gasteiger partial charge in [-0.3, -0.25) is 0 Å². The van der Waals surface area contributed by atoms with Crippen molar-refractivity contribution in [1.29, 1.82) is 0 Å². The zero-order valence-electron chi connectivity index (χ0n) is 46.4. The Kier molecular flexibility index (Phi) is 3.84. The van der Waals surface area contributed by atoms with E-state index < -0.39 is 21.7 Å². The molecule has 0 amide bonds. The summed E-state index contributed by atoms with van der Waals surface area (Å²) in [6, 6.07) is 48.6. The minimum absolute atomic E-state index is 0.426. The van der Waals surface area contributed by atoms with Gasteiger partial charge in [-0.25, -0.2) is 0 Å². The molecule has 0 N–H and O–H groups in total. The van der Waals surface area contributed by atoms with Crippen molar-refractivity contribution in [2.75, 3.05) is 0 Å². The molecule has 0 unspecified atom stereocenters. The monoisotopic (exact) mass is 1080 g/mol. The molecule has 0 saturated carbocycles. The first-order chi connectivity index (χ1) is 43.8. The van der Waals surface area contributed by atoms with E-state index in [2.05, 4.69) is 121 Å². The van der Waals surface area contributed by atoms with Crippen LogP contribution in [0, 0.1) is 0 Å². The van der Waals surface area contributed by atoms with Crippen LogP contribution in [0.25, 0.3) is 232 Å². The van der Waals surface area contributed by atoms with Crippen LogP contribution in [0.1, 0.15) is 66.8 Å². The van der Waals surface area contributed by atoms with Crippen molar-refractivity contribution in [1.82, 2.24) is 0 Å². The summed E-state index contributed by atoms with van der Waals surface area (Å²) < 4.78 is 0. The van der Waals surface area contributed by atoms with E-state index in [1.54, 1.807) is 304 Å². The van der Waals surface area contributed by atoms with Crippen LogP contribution in [0.5, 0.6) is 0 Å². The molecule has 0 spiro atoms. The molecular weight excluding hydrogens is 1060 g/mol. The van der Waals surface area contributed by atoms with Crippen molar-refractivity contribution in [2.45, 2.75) is 47.3 Å². The third-order valence-corrected chi connectivity index (χ3v) is 29.9. The molecule has 0 aliphatic heterocycles. The molecule has 10 aliphatic carbocycles. The summed E-state index contributed by atoms with van der Waals surface area (Å²) >= 11 is 0. The van der Waals surface area contributed by atoms with Crippen molar-refractivity contribution < 1.29 is 0 Å². The third kappa shape index (κ3) is 2.32. The average molecular weight is 1090 g/mol. The smallest absolute Gasteiger partial charge is 0.0523 e. The van der Waals surface area contributed by atoms with Gasteiger partial charge >= 0.3 is 0 Å². The van der Waals surface area contributed by atoms with Crippen molar-refractivity contribution in [3.8, 4) is 0 Å². The van der Waals surface area contributed by atoms with E-state index in [0.29, 0.717) is 0 Å². The molecule has 0 saturated heterocycles. The molecular formula is C88H28. The Morgan fingerprint density at radius 2 is 0.330 bits per heavy atom. The fraction of sp³-hybridized carbons (Fsp3) is 0.0909. The van der Waals surface area contributed by atoms with Gasteiger partial charge in [-0.2, -0.15) is 0 Å². The zero-order chi connectivity index (χ0) is 53.6. The lowest BCUT2D eigenvalue weighted by Crippen LogP contribution is -2.52. The Bertz CT molecular complexity index is 7840. The number of benzene rings is 19. The van der Waals surface area contributed by atoms with Gasteiger partial charge in [0, 0.05) is 0 Å². The Hall–Kier alpha value is -10.4. The van der Waals surface area contributed by atoms with Gasteiger partial charge in [0.05, 0.1) is 21.7 Å². The molecule has 26 aromatic rings. The van der Waals surface area contributed by atoms with Crippen LogP contribution in [-0.2, 0) is 47.3 Å². The summed E-state index contributed by atoms with van der Waals surface area (Å²) in [6.07, 6.45) is 3.88. The molecule has 0 heteroatoms. The molecule has 0 bridgehead atoms. The van der Waals surface area contributed by atoms with Crippen LogP contribution in [-0.4, -0.2) is 0 Å². The topological polar surface area (TPSA) is 0 Å². The van der Waals surface area contributed by atoms with E-state index in [1.807, 2.05) is 0 Å². The highest BCUT2D eigenvalue weighted by Gasteiger charge is 2.76. The molecule has 26 aromatic carbocycles. The van der Waals surface area contributed by atoms with Crippen LogP contribution in [0.2, 0.25) is 0 Å². The summed E-state index contributed by atoms with van der Waals surface area (Å²) in [5, 5.41) is 71.5. The first-order valence-corrected chi connectivity index (χ1v) is 33.0. The normalized spacial score (nSPS) is 24.4. The van der Waals surface area contributed by atoms with Gasteiger partial charge in [-0.05, 0) is 352 Å². The van der Waals surface area contributed by atoms with Gasteiger partial charge in [-0.15, -0.1) is 0 Å². The third-order valence-electron chi connectivity index (χ3n) is 29.9. The van der Waals surface area contributed by atoms with Crippen LogP contribution >= 0.6 is 0 Å². The van der Waals surface area contributed by atoms with Crippen molar-refractivity contribution in [3.05, 3.63) is 216 Å². The Morgan fingerprint density at radius 3 is 0.545 bits per heavy atom. The molecule has 88 heavy (non-hydrogen) atoms. The minimum atomic E-state index is -0.437. The average Bonchev–Trinajstić information content (AvgIpc) is 1.38. The number of hydrogen-bond donors (Lipinski definition) is 0. The number of allylic oxidation sites excluding steroid dienone is 4. The number of rotatable bonds is 8. The summed E-state index contributed by atoms with van der Waals surface area (Å²) in [4.78, 5) is 0. The van der Waals surface area contributed by atoms with Crippen molar-refractivity contribution in [2.24, 2.45) is 0 Å². The van der Waals surface area contributed by atoms with E-state index in [4.69, 9.17) is 0 Å². The highest BCUT2D eigenvalue weighted by atomic mass is 14.8. The standard InChI is InChI=1S/C88H28/c1-5-13-25(14-6-1)21-85-73-62-53-49-36-34-29-30-32-33-31(29)38-43-41(34)51(49)64(73)66-55(43)57-45(38)47-40(33)48-46-39(32)44-42-35(30)37(36)50-52(42)65-67-56(44)58(46)69-71-60(48)59(47)70-68(57)77(75(66)85)87(23-27-17-9-3-10-18-27)79(70)80(71)88(24-28-19-11-4-12-20-28)78(69)76(67)86(22-26-15-7-2-8-16-26)74(65)63(54(50)53)61(62)72-81(85)83(87)84(88)82(72)86/h1-20H,21-24H2/t85-,86+,87-,88+. The predicted octanol–water partition coefficient (Wildman–Crippen LogP) is 20.1. The van der Waals surface area contributed by atoms with E-state index in [9.17, 15) is 0 Å². The van der Waals surface area contributed by atoms with Crippen LogP contribution in [0.4, 0.5) is 0 Å². The van der Waals surface area contributed by atoms with E-state index >= 15 is 0 Å².